The molecule has 0 fully saturated rings. The van der Waals surface area contributed by atoms with Crippen LogP contribution in [0, 0.1) is 11.6 Å². The molecule has 0 amide bonds. The van der Waals surface area contributed by atoms with Crippen LogP contribution in [0.15, 0.2) is 46.5 Å². The van der Waals surface area contributed by atoms with Crippen molar-refractivity contribution in [3.63, 3.8) is 0 Å². The fourth-order valence-electron chi connectivity index (χ4n) is 1.62. The lowest BCUT2D eigenvalue weighted by atomic mass is 10.1. The first-order valence-corrected chi connectivity index (χ1v) is 6.69. The highest BCUT2D eigenvalue weighted by atomic mass is 32.2. The Labute approximate surface area is 115 Å². The first-order chi connectivity index (χ1) is 9.04. The fourth-order valence-corrected chi connectivity index (χ4v) is 2.41. The summed E-state index contributed by atoms with van der Waals surface area (Å²) < 4.78 is 25.9. The maximum Gasteiger partial charge on any atom is 0.159 e. The van der Waals surface area contributed by atoms with E-state index in [1.165, 1.54) is 17.8 Å². The lowest BCUT2D eigenvalue weighted by Crippen LogP contribution is -2.17. The van der Waals surface area contributed by atoms with Crippen LogP contribution in [0.25, 0.3) is 0 Å². The molecule has 0 radical (unpaired) electrons. The van der Waals surface area contributed by atoms with Crippen molar-refractivity contribution in [1.82, 2.24) is 4.98 Å². The molecule has 0 aliphatic carbocycles. The molecule has 0 saturated carbocycles. The van der Waals surface area contributed by atoms with Crippen molar-refractivity contribution in [2.24, 2.45) is 5.73 Å². The summed E-state index contributed by atoms with van der Waals surface area (Å²) in [6.07, 6.45) is 2.52. The molecule has 0 aliphatic rings. The lowest BCUT2D eigenvalue weighted by Gasteiger charge is -2.06. The molecule has 100 valence electrons. The number of halogens is 2. The van der Waals surface area contributed by atoms with E-state index in [9.17, 15) is 8.78 Å². The van der Waals surface area contributed by atoms with Gasteiger partial charge in [-0.3, -0.25) is 0 Å². The molecule has 2 N–H and O–H groups in total. The Morgan fingerprint density at radius 2 is 2.00 bits per heavy atom. The fraction of sp³-hybridized carbons (Fsp3) is 0.214. The van der Waals surface area contributed by atoms with E-state index in [4.69, 9.17) is 5.73 Å². The molecule has 1 aromatic carbocycles. The van der Waals surface area contributed by atoms with Gasteiger partial charge in [-0.2, -0.15) is 0 Å². The third kappa shape index (κ3) is 4.01. The standard InChI is InChI=1S/C14H14F2N2S/c1-9(17)6-10-2-5-14(18-8-10)19-11-3-4-12(15)13(16)7-11/h2-5,7-9H,6,17H2,1H3. The van der Waals surface area contributed by atoms with Crippen molar-refractivity contribution >= 4 is 11.8 Å². The average Bonchev–Trinajstić information content (AvgIpc) is 2.36. The quantitative estimate of drug-likeness (QED) is 0.933. The minimum absolute atomic E-state index is 0.0893. The molecule has 1 aromatic heterocycles. The van der Waals surface area contributed by atoms with Gasteiger partial charge >= 0.3 is 0 Å². The topological polar surface area (TPSA) is 38.9 Å². The zero-order chi connectivity index (χ0) is 13.8. The molecule has 2 rings (SSSR count). The van der Waals surface area contributed by atoms with Gasteiger partial charge in [0.2, 0.25) is 0 Å². The molecule has 0 saturated heterocycles. The van der Waals surface area contributed by atoms with E-state index in [0.29, 0.717) is 4.90 Å². The van der Waals surface area contributed by atoms with Gasteiger partial charge in [-0.25, -0.2) is 13.8 Å². The van der Waals surface area contributed by atoms with Crippen LogP contribution in [0.4, 0.5) is 8.78 Å². The molecule has 19 heavy (non-hydrogen) atoms. The Kier molecular flexibility index (Phi) is 4.50. The van der Waals surface area contributed by atoms with Crippen molar-refractivity contribution in [3.8, 4) is 0 Å². The van der Waals surface area contributed by atoms with E-state index in [2.05, 4.69) is 4.98 Å². The van der Waals surface area contributed by atoms with Crippen LogP contribution in [0.2, 0.25) is 0 Å². The summed E-state index contributed by atoms with van der Waals surface area (Å²) in [7, 11) is 0. The van der Waals surface area contributed by atoms with Crippen LogP contribution in [0.3, 0.4) is 0 Å². The maximum absolute atomic E-state index is 13.1. The third-order valence-electron chi connectivity index (χ3n) is 2.47. The van der Waals surface area contributed by atoms with Gasteiger partial charge in [-0.15, -0.1) is 0 Å². The normalized spacial score (nSPS) is 12.4. The zero-order valence-corrected chi connectivity index (χ0v) is 11.3. The molecule has 0 bridgehead atoms. The molecular weight excluding hydrogens is 266 g/mol. The summed E-state index contributed by atoms with van der Waals surface area (Å²) in [5.41, 5.74) is 6.77. The molecule has 0 aliphatic heterocycles. The van der Waals surface area contributed by atoms with E-state index < -0.39 is 11.6 Å². The summed E-state index contributed by atoms with van der Waals surface area (Å²) in [6, 6.07) is 7.69. The maximum atomic E-state index is 13.1. The summed E-state index contributed by atoms with van der Waals surface area (Å²) in [6.45, 7) is 1.93. The molecule has 1 unspecified atom stereocenters. The highest BCUT2D eigenvalue weighted by Crippen LogP contribution is 2.27. The van der Waals surface area contributed by atoms with Gasteiger partial charge in [-0.05, 0) is 43.2 Å². The van der Waals surface area contributed by atoms with E-state index in [0.717, 1.165) is 29.1 Å². The summed E-state index contributed by atoms with van der Waals surface area (Å²) >= 11 is 1.29. The van der Waals surface area contributed by atoms with Gasteiger partial charge in [-0.1, -0.05) is 17.8 Å². The third-order valence-corrected chi connectivity index (χ3v) is 3.41. The number of hydrogen-bond donors (Lipinski definition) is 1. The summed E-state index contributed by atoms with van der Waals surface area (Å²) in [5.74, 6) is -1.69. The Morgan fingerprint density at radius 3 is 2.58 bits per heavy atom. The van der Waals surface area contributed by atoms with Gasteiger partial charge in [0.1, 0.15) is 5.03 Å². The van der Waals surface area contributed by atoms with Gasteiger partial charge in [0.15, 0.2) is 11.6 Å². The van der Waals surface area contributed by atoms with Crippen molar-refractivity contribution in [2.75, 3.05) is 0 Å². The Balaban J connectivity index is 2.08. The van der Waals surface area contributed by atoms with Gasteiger partial charge < -0.3 is 5.73 Å². The van der Waals surface area contributed by atoms with Crippen LogP contribution >= 0.6 is 11.8 Å². The first kappa shape index (κ1) is 14.0. The number of aromatic nitrogens is 1. The zero-order valence-electron chi connectivity index (χ0n) is 10.4. The van der Waals surface area contributed by atoms with E-state index in [1.54, 1.807) is 6.20 Å². The number of nitrogens with zero attached hydrogens (tertiary/aromatic N) is 1. The van der Waals surface area contributed by atoms with Crippen LogP contribution in [-0.2, 0) is 6.42 Å². The number of benzene rings is 1. The number of hydrogen-bond acceptors (Lipinski definition) is 3. The summed E-state index contributed by atoms with van der Waals surface area (Å²) in [4.78, 5) is 4.89. The molecular formula is C14H14F2N2S. The molecule has 1 atom stereocenters. The number of pyridine rings is 1. The second-order valence-electron chi connectivity index (χ2n) is 4.36. The molecule has 5 heteroatoms. The average molecular weight is 280 g/mol. The monoisotopic (exact) mass is 280 g/mol. The lowest BCUT2D eigenvalue weighted by molar-refractivity contribution is 0.506. The number of nitrogens with two attached hydrogens (primary N) is 1. The SMILES string of the molecule is CC(N)Cc1ccc(Sc2ccc(F)c(F)c2)nc1. The molecule has 0 spiro atoms. The van der Waals surface area contributed by atoms with Gasteiger partial charge in [0.25, 0.3) is 0 Å². The first-order valence-electron chi connectivity index (χ1n) is 5.88. The highest BCUT2D eigenvalue weighted by Gasteiger charge is 2.05. The van der Waals surface area contributed by atoms with Crippen molar-refractivity contribution < 1.29 is 8.78 Å². The van der Waals surface area contributed by atoms with Crippen molar-refractivity contribution in [1.29, 1.82) is 0 Å². The Bertz CT molecular complexity index is 556. The Morgan fingerprint density at radius 1 is 1.21 bits per heavy atom. The smallest absolute Gasteiger partial charge is 0.159 e. The van der Waals surface area contributed by atoms with Crippen LogP contribution in [0.1, 0.15) is 12.5 Å². The van der Waals surface area contributed by atoms with Gasteiger partial charge in [0, 0.05) is 17.1 Å². The Hall–Kier alpha value is -1.46. The van der Waals surface area contributed by atoms with Crippen molar-refractivity contribution in [2.45, 2.75) is 29.3 Å². The second kappa shape index (κ2) is 6.12. The van der Waals surface area contributed by atoms with E-state index >= 15 is 0 Å². The van der Waals surface area contributed by atoms with E-state index in [-0.39, 0.29) is 6.04 Å². The molecule has 2 nitrogen and oxygen atoms in total. The molecule has 2 aromatic rings. The predicted octanol–water partition coefficient (Wildman–Crippen LogP) is 3.40. The van der Waals surface area contributed by atoms with Crippen molar-refractivity contribution in [3.05, 3.63) is 53.7 Å². The number of rotatable bonds is 4. The van der Waals surface area contributed by atoms with Gasteiger partial charge in [0.05, 0.1) is 0 Å². The second-order valence-corrected chi connectivity index (χ2v) is 5.46. The minimum Gasteiger partial charge on any atom is -0.328 e. The minimum atomic E-state index is -0.849. The van der Waals surface area contributed by atoms with Crippen LogP contribution < -0.4 is 5.73 Å². The van der Waals surface area contributed by atoms with Crippen LogP contribution in [-0.4, -0.2) is 11.0 Å². The highest BCUT2D eigenvalue weighted by molar-refractivity contribution is 7.99. The van der Waals surface area contributed by atoms with Crippen LogP contribution in [0.5, 0.6) is 0 Å². The summed E-state index contributed by atoms with van der Waals surface area (Å²) in [5, 5.41) is 0.736. The van der Waals surface area contributed by atoms with E-state index in [1.807, 2.05) is 19.1 Å². The molecule has 1 heterocycles. The largest absolute Gasteiger partial charge is 0.328 e. The predicted molar refractivity (Wildman–Crippen MR) is 72.1 cm³/mol.